The van der Waals surface area contributed by atoms with Crippen molar-refractivity contribution in [3.63, 3.8) is 0 Å². The number of ether oxygens (including phenoxy) is 5. The number of epoxide rings is 1. The number of methoxy groups -OCH3 is 2. The summed E-state index contributed by atoms with van der Waals surface area (Å²) in [6.07, 6.45) is 2.57. The molecule has 3 rings (SSSR count). The van der Waals surface area contributed by atoms with Crippen LogP contribution < -0.4 is 9.47 Å². The average molecular weight is 400 g/mol. The molecule has 3 atom stereocenters. The number of hydrogen-bond acceptors (Lipinski definition) is 6. The highest BCUT2D eigenvalue weighted by molar-refractivity contribution is 5.27. The fourth-order valence-corrected chi connectivity index (χ4v) is 2.88. The lowest BCUT2D eigenvalue weighted by molar-refractivity contribution is 0.104. The Morgan fingerprint density at radius 3 is 2.00 bits per heavy atom. The molecule has 0 amide bonds. The summed E-state index contributed by atoms with van der Waals surface area (Å²) in [5.74, 6) is 1.64. The molecule has 0 aromatic heterocycles. The first kappa shape index (κ1) is 21.3. The molecule has 0 spiro atoms. The van der Waals surface area contributed by atoms with E-state index in [-0.39, 0.29) is 12.2 Å². The maximum absolute atomic E-state index is 10.2. The van der Waals surface area contributed by atoms with Crippen LogP contribution in [0.4, 0.5) is 0 Å². The van der Waals surface area contributed by atoms with Crippen LogP contribution >= 0.6 is 0 Å². The Kier molecular flexibility index (Phi) is 8.07. The van der Waals surface area contributed by atoms with Gasteiger partial charge in [0.1, 0.15) is 29.8 Å². The van der Waals surface area contributed by atoms with Crippen molar-refractivity contribution in [2.45, 2.75) is 31.5 Å². The zero-order valence-electron chi connectivity index (χ0n) is 16.8. The Labute approximate surface area is 171 Å². The normalized spacial score (nSPS) is 19.3. The van der Waals surface area contributed by atoms with Gasteiger partial charge in [0.2, 0.25) is 0 Å². The summed E-state index contributed by atoms with van der Waals surface area (Å²) in [6, 6.07) is 15.5. The second kappa shape index (κ2) is 11.0. The van der Waals surface area contributed by atoms with Gasteiger partial charge in [0.15, 0.2) is 0 Å². The van der Waals surface area contributed by atoms with Crippen molar-refractivity contribution >= 4 is 0 Å². The van der Waals surface area contributed by atoms with Gasteiger partial charge in [0, 0.05) is 0 Å². The van der Waals surface area contributed by atoms with Gasteiger partial charge in [-0.05, 0) is 35.4 Å². The van der Waals surface area contributed by atoms with Gasteiger partial charge < -0.3 is 28.8 Å². The third kappa shape index (κ3) is 6.87. The standard InChI is InChI=1S/C23H28O6/c1-25-19-9-5-17(6-10-19)14-27-13-3-4-21(24)23-22(29-23)16-28-15-18-7-11-20(26-2)12-8-18/h3-12,21-24H,13-16H2,1-2H3/b4-3+/t21-,22+,23+/m0/s1. The van der Waals surface area contributed by atoms with Crippen LogP contribution in [0.15, 0.2) is 60.7 Å². The summed E-state index contributed by atoms with van der Waals surface area (Å²) < 4.78 is 27.0. The van der Waals surface area contributed by atoms with Crippen molar-refractivity contribution in [2.24, 2.45) is 0 Å². The molecule has 2 aromatic rings. The topological polar surface area (TPSA) is 69.7 Å². The average Bonchev–Trinajstić information content (AvgIpc) is 3.54. The minimum absolute atomic E-state index is 0.0758. The van der Waals surface area contributed by atoms with E-state index in [0.717, 1.165) is 22.6 Å². The Morgan fingerprint density at radius 2 is 1.45 bits per heavy atom. The number of rotatable bonds is 12. The highest BCUT2D eigenvalue weighted by atomic mass is 16.6. The number of aliphatic hydroxyl groups excluding tert-OH is 1. The van der Waals surface area contributed by atoms with E-state index in [1.807, 2.05) is 54.6 Å². The summed E-state index contributed by atoms with van der Waals surface area (Å²) in [4.78, 5) is 0. The molecular formula is C23H28O6. The molecule has 1 heterocycles. The molecule has 0 bridgehead atoms. The van der Waals surface area contributed by atoms with Crippen LogP contribution in [0.5, 0.6) is 11.5 Å². The minimum atomic E-state index is -0.658. The van der Waals surface area contributed by atoms with Crippen LogP contribution in [-0.4, -0.2) is 50.9 Å². The summed E-state index contributed by atoms with van der Waals surface area (Å²) in [5, 5.41) is 10.2. The highest BCUT2D eigenvalue weighted by Gasteiger charge is 2.43. The van der Waals surface area contributed by atoms with E-state index in [0.29, 0.717) is 26.4 Å². The maximum Gasteiger partial charge on any atom is 0.118 e. The van der Waals surface area contributed by atoms with Crippen LogP contribution in [0.25, 0.3) is 0 Å². The molecule has 0 saturated carbocycles. The van der Waals surface area contributed by atoms with Crippen molar-refractivity contribution in [1.82, 2.24) is 0 Å². The molecule has 2 aromatic carbocycles. The molecule has 1 aliphatic heterocycles. The molecule has 6 nitrogen and oxygen atoms in total. The van der Waals surface area contributed by atoms with Gasteiger partial charge in [0.25, 0.3) is 0 Å². The van der Waals surface area contributed by atoms with Gasteiger partial charge in [0.05, 0.1) is 40.6 Å². The van der Waals surface area contributed by atoms with Gasteiger partial charge in [-0.1, -0.05) is 36.4 Å². The first-order chi connectivity index (χ1) is 14.2. The van der Waals surface area contributed by atoms with Crippen molar-refractivity contribution in [2.75, 3.05) is 27.4 Å². The Balaban J connectivity index is 1.27. The van der Waals surface area contributed by atoms with Crippen LogP contribution in [-0.2, 0) is 27.4 Å². The maximum atomic E-state index is 10.2. The van der Waals surface area contributed by atoms with Crippen LogP contribution in [0.2, 0.25) is 0 Å². The number of hydrogen-bond donors (Lipinski definition) is 1. The predicted molar refractivity (Wildman–Crippen MR) is 109 cm³/mol. The fourth-order valence-electron chi connectivity index (χ4n) is 2.88. The third-order valence-electron chi connectivity index (χ3n) is 4.64. The van der Waals surface area contributed by atoms with Crippen molar-refractivity contribution < 1.29 is 28.8 Å². The van der Waals surface area contributed by atoms with Crippen LogP contribution in [0, 0.1) is 0 Å². The van der Waals surface area contributed by atoms with E-state index in [1.165, 1.54) is 0 Å². The molecule has 1 fully saturated rings. The second-order valence-corrected chi connectivity index (χ2v) is 6.78. The van der Waals surface area contributed by atoms with Gasteiger partial charge in [-0.15, -0.1) is 0 Å². The molecule has 1 saturated heterocycles. The first-order valence-electron chi connectivity index (χ1n) is 9.61. The van der Waals surface area contributed by atoms with Gasteiger partial charge in [-0.3, -0.25) is 0 Å². The summed E-state index contributed by atoms with van der Waals surface area (Å²) in [7, 11) is 3.28. The van der Waals surface area contributed by atoms with Crippen molar-refractivity contribution in [3.8, 4) is 11.5 Å². The van der Waals surface area contributed by atoms with Crippen LogP contribution in [0.1, 0.15) is 11.1 Å². The lowest BCUT2D eigenvalue weighted by Gasteiger charge is -2.05. The van der Waals surface area contributed by atoms with E-state index in [4.69, 9.17) is 23.7 Å². The number of benzene rings is 2. The molecule has 156 valence electrons. The number of aliphatic hydroxyl groups is 1. The molecule has 0 unspecified atom stereocenters. The molecular weight excluding hydrogens is 372 g/mol. The Bertz CT molecular complexity index is 756. The SMILES string of the molecule is COc1ccc(COC/C=C/[C@H](O)[C@H]2O[C@@H]2COCc2ccc(OC)cc2)cc1. The highest BCUT2D eigenvalue weighted by Crippen LogP contribution is 2.27. The fraction of sp³-hybridized carbons (Fsp3) is 0.391. The van der Waals surface area contributed by atoms with Gasteiger partial charge in [-0.2, -0.15) is 0 Å². The van der Waals surface area contributed by atoms with E-state index in [9.17, 15) is 5.11 Å². The molecule has 1 aliphatic rings. The monoisotopic (exact) mass is 400 g/mol. The Morgan fingerprint density at radius 1 is 0.897 bits per heavy atom. The molecule has 29 heavy (non-hydrogen) atoms. The molecule has 1 N–H and O–H groups in total. The summed E-state index contributed by atoms with van der Waals surface area (Å²) in [5.41, 5.74) is 2.14. The smallest absolute Gasteiger partial charge is 0.118 e. The zero-order valence-corrected chi connectivity index (χ0v) is 16.8. The largest absolute Gasteiger partial charge is 0.497 e. The summed E-state index contributed by atoms with van der Waals surface area (Å²) in [6.45, 7) is 1.89. The molecule has 0 aliphatic carbocycles. The summed E-state index contributed by atoms with van der Waals surface area (Å²) >= 11 is 0. The van der Waals surface area contributed by atoms with E-state index < -0.39 is 6.10 Å². The van der Waals surface area contributed by atoms with Crippen molar-refractivity contribution in [1.29, 1.82) is 0 Å². The minimum Gasteiger partial charge on any atom is -0.497 e. The predicted octanol–water partition coefficient (Wildman–Crippen LogP) is 3.12. The van der Waals surface area contributed by atoms with E-state index >= 15 is 0 Å². The van der Waals surface area contributed by atoms with Gasteiger partial charge >= 0.3 is 0 Å². The van der Waals surface area contributed by atoms with Gasteiger partial charge in [-0.25, -0.2) is 0 Å². The van der Waals surface area contributed by atoms with E-state index in [2.05, 4.69) is 0 Å². The van der Waals surface area contributed by atoms with Crippen molar-refractivity contribution in [3.05, 3.63) is 71.8 Å². The zero-order chi connectivity index (χ0) is 20.5. The lowest BCUT2D eigenvalue weighted by Crippen LogP contribution is -2.16. The molecule has 6 heteroatoms. The van der Waals surface area contributed by atoms with Crippen LogP contribution in [0.3, 0.4) is 0 Å². The first-order valence-corrected chi connectivity index (χ1v) is 9.61. The molecule has 0 radical (unpaired) electrons. The third-order valence-corrected chi connectivity index (χ3v) is 4.64. The lowest BCUT2D eigenvalue weighted by atomic mass is 10.2. The van der Waals surface area contributed by atoms with E-state index in [1.54, 1.807) is 20.3 Å². The second-order valence-electron chi connectivity index (χ2n) is 6.78. The Hall–Kier alpha value is -2.38. The quantitative estimate of drug-likeness (QED) is 0.335.